The van der Waals surface area contributed by atoms with Crippen LogP contribution in [0.2, 0.25) is 0 Å². The van der Waals surface area contributed by atoms with Crippen LogP contribution in [-0.4, -0.2) is 45.4 Å². The summed E-state index contributed by atoms with van der Waals surface area (Å²) in [5.74, 6) is 0.531. The van der Waals surface area contributed by atoms with Crippen LogP contribution in [-0.2, 0) is 4.74 Å². The number of nitrogens with zero attached hydrogens (tertiary/aromatic N) is 3. The smallest absolute Gasteiger partial charge is 0.258 e. The van der Waals surface area contributed by atoms with Crippen molar-refractivity contribution in [3.05, 3.63) is 56.2 Å². The second-order valence-corrected chi connectivity index (χ2v) is 12.6. The van der Waals surface area contributed by atoms with Crippen LogP contribution in [0.3, 0.4) is 0 Å². The van der Waals surface area contributed by atoms with E-state index in [1.54, 1.807) is 17.0 Å². The van der Waals surface area contributed by atoms with Gasteiger partial charge in [0, 0.05) is 29.5 Å². The van der Waals surface area contributed by atoms with Crippen LogP contribution in [0.15, 0.2) is 39.5 Å². The molecule has 2 aliphatic rings. The van der Waals surface area contributed by atoms with Crippen molar-refractivity contribution in [3.8, 4) is 5.88 Å². The van der Waals surface area contributed by atoms with Crippen molar-refractivity contribution >= 4 is 71.5 Å². The Morgan fingerprint density at radius 1 is 1.27 bits per heavy atom. The van der Waals surface area contributed by atoms with E-state index in [0.29, 0.717) is 44.4 Å². The highest BCUT2D eigenvalue weighted by Gasteiger charge is 2.36. The molecule has 1 amide bonds. The van der Waals surface area contributed by atoms with Gasteiger partial charge in [-0.15, -0.1) is 0 Å². The number of hydrogen-bond donors (Lipinski definition) is 4. The number of nitrogens with one attached hydrogen (secondary N) is 3. The first-order chi connectivity index (χ1) is 19.2. The second-order valence-electron chi connectivity index (χ2n) is 10.2. The van der Waals surface area contributed by atoms with E-state index in [2.05, 4.69) is 58.8 Å². The number of anilines is 3. The first-order valence-corrected chi connectivity index (χ1v) is 15.8. The standard InChI is InChI=1S/C28H32Br2N6O3S/c1-3-39-20-14-36(19-13-21(29)34-24(30)22(19)20)28(38)17-8-10-18(11-9-17)33-27-23(26(37)35-40-27)25(31)32-15(2)12-16-6-4-5-7-16/h8-11,13,15-16,20,33H,3-7,12,14H2,1-2H3,(H2,31,32)(H,35,37). The number of carbonyl (C=O) groups excluding carboxylic acids is 1. The Balaban J connectivity index is 1.28. The predicted octanol–water partition coefficient (Wildman–Crippen LogP) is 7.13. The molecule has 2 atom stereocenters. The van der Waals surface area contributed by atoms with Gasteiger partial charge in [0.05, 0.1) is 12.2 Å². The van der Waals surface area contributed by atoms with E-state index in [4.69, 9.17) is 10.1 Å². The van der Waals surface area contributed by atoms with Gasteiger partial charge in [-0.1, -0.05) is 25.7 Å². The zero-order valence-corrected chi connectivity index (χ0v) is 26.3. The summed E-state index contributed by atoms with van der Waals surface area (Å²) in [4.78, 5) is 19.7. The van der Waals surface area contributed by atoms with E-state index in [1.165, 1.54) is 25.7 Å². The molecule has 12 heteroatoms. The lowest BCUT2D eigenvalue weighted by Gasteiger charge is -2.20. The minimum absolute atomic E-state index is 0.128. The molecule has 0 saturated heterocycles. The van der Waals surface area contributed by atoms with Gasteiger partial charge >= 0.3 is 0 Å². The minimum Gasteiger partial charge on any atom is -0.492 e. The van der Waals surface area contributed by atoms with Gasteiger partial charge in [-0.2, -0.15) is 4.37 Å². The molecule has 1 fully saturated rings. The Bertz CT molecular complexity index is 1390. The zero-order chi connectivity index (χ0) is 28.4. The Morgan fingerprint density at radius 3 is 2.70 bits per heavy atom. The van der Waals surface area contributed by atoms with Crippen molar-refractivity contribution in [2.45, 2.75) is 58.1 Å². The molecule has 0 spiro atoms. The summed E-state index contributed by atoms with van der Waals surface area (Å²) < 4.78 is 11.3. The van der Waals surface area contributed by atoms with Crippen molar-refractivity contribution in [1.82, 2.24) is 14.7 Å². The lowest BCUT2D eigenvalue weighted by molar-refractivity contribution is 0.0704. The van der Waals surface area contributed by atoms with E-state index in [1.807, 2.05) is 25.1 Å². The molecule has 0 bridgehead atoms. The number of amides is 1. The molecule has 3 heterocycles. The topological polar surface area (TPSA) is 123 Å². The molecule has 40 heavy (non-hydrogen) atoms. The maximum atomic E-state index is 13.5. The number of hydrogen-bond acceptors (Lipinski definition) is 8. The van der Waals surface area contributed by atoms with Crippen molar-refractivity contribution in [2.75, 3.05) is 23.4 Å². The highest BCUT2D eigenvalue weighted by molar-refractivity contribution is 9.11. The van der Waals surface area contributed by atoms with E-state index >= 15 is 0 Å². The van der Waals surface area contributed by atoms with Crippen LogP contribution in [0.1, 0.15) is 73.5 Å². The molecule has 2 aromatic heterocycles. The molecule has 1 aliphatic heterocycles. The zero-order valence-electron chi connectivity index (χ0n) is 22.3. The monoisotopic (exact) mass is 690 g/mol. The average Bonchev–Trinajstić information content (AvgIpc) is 3.64. The predicted molar refractivity (Wildman–Crippen MR) is 165 cm³/mol. The molecule has 2 unspecified atom stereocenters. The fourth-order valence-corrected chi connectivity index (χ4v) is 7.59. The lowest BCUT2D eigenvalue weighted by Crippen LogP contribution is -2.34. The van der Waals surface area contributed by atoms with E-state index in [-0.39, 0.29) is 29.8 Å². The quantitative estimate of drug-likeness (QED) is 0.107. The number of fused-ring (bicyclic) bond motifs is 1. The summed E-state index contributed by atoms with van der Waals surface area (Å²) in [7, 11) is 0. The van der Waals surface area contributed by atoms with Crippen LogP contribution in [0.4, 0.5) is 16.4 Å². The number of amidine groups is 1. The van der Waals surface area contributed by atoms with Gasteiger partial charge in [0.25, 0.3) is 5.91 Å². The third-order valence-corrected chi connectivity index (χ3v) is 9.16. The maximum absolute atomic E-state index is 13.5. The lowest BCUT2D eigenvalue weighted by atomic mass is 9.99. The molecular weight excluding hydrogens is 660 g/mol. The van der Waals surface area contributed by atoms with Crippen molar-refractivity contribution in [2.24, 2.45) is 5.92 Å². The highest BCUT2D eigenvalue weighted by Crippen LogP contribution is 2.43. The third kappa shape index (κ3) is 6.19. The number of halogens is 2. The molecule has 0 radical (unpaired) electrons. The Labute approximate surface area is 254 Å². The van der Waals surface area contributed by atoms with Gasteiger partial charge in [-0.25, -0.2) is 4.98 Å². The highest BCUT2D eigenvalue weighted by atomic mass is 79.9. The number of pyridine rings is 1. The van der Waals surface area contributed by atoms with Crippen molar-refractivity contribution in [1.29, 1.82) is 5.41 Å². The number of rotatable bonds is 9. The Hall–Kier alpha value is -2.54. The molecule has 1 saturated carbocycles. The van der Waals surface area contributed by atoms with Gasteiger partial charge in [-0.3, -0.25) is 10.2 Å². The summed E-state index contributed by atoms with van der Waals surface area (Å²) in [5.41, 5.74) is 3.22. The molecule has 4 N–H and O–H groups in total. The number of benzene rings is 1. The summed E-state index contributed by atoms with van der Waals surface area (Å²) in [6, 6.07) is 9.10. The van der Waals surface area contributed by atoms with Crippen molar-refractivity contribution in [3.63, 3.8) is 0 Å². The summed E-state index contributed by atoms with van der Waals surface area (Å²) in [6.45, 7) is 4.93. The van der Waals surface area contributed by atoms with Crippen LogP contribution >= 0.6 is 43.4 Å². The number of aromatic hydroxyl groups is 1. The van der Waals surface area contributed by atoms with Crippen LogP contribution in [0, 0.1) is 11.3 Å². The van der Waals surface area contributed by atoms with Crippen LogP contribution in [0.5, 0.6) is 5.88 Å². The van der Waals surface area contributed by atoms with E-state index < -0.39 is 0 Å². The average molecular weight is 692 g/mol. The molecule has 212 valence electrons. The Kier molecular flexibility index (Phi) is 9.08. The SMILES string of the molecule is CCOC1CN(C(=O)c2ccc(Nc3snc(O)c3C(=N)NC(C)CC3CCCC3)cc2)c2cc(Br)nc(Br)c21. The first-order valence-electron chi connectivity index (χ1n) is 13.5. The fraction of sp³-hybridized carbons (Fsp3) is 0.429. The van der Waals surface area contributed by atoms with Gasteiger partial charge in [-0.05, 0) is 99.9 Å². The fourth-order valence-electron chi connectivity index (χ4n) is 5.59. The Morgan fingerprint density at radius 2 is 2.00 bits per heavy atom. The molecule has 3 aromatic rings. The molecule has 1 aliphatic carbocycles. The number of ether oxygens (including phenoxy) is 1. The molecular formula is C28H32Br2N6O3S. The number of aromatic nitrogens is 2. The van der Waals surface area contributed by atoms with Gasteiger partial charge in [0.15, 0.2) is 0 Å². The summed E-state index contributed by atoms with van der Waals surface area (Å²) in [6.07, 6.45) is 5.82. The maximum Gasteiger partial charge on any atom is 0.258 e. The van der Waals surface area contributed by atoms with E-state index in [0.717, 1.165) is 34.9 Å². The summed E-state index contributed by atoms with van der Waals surface area (Å²) >= 11 is 8.05. The van der Waals surface area contributed by atoms with Crippen LogP contribution < -0.4 is 15.5 Å². The van der Waals surface area contributed by atoms with Gasteiger partial charge in [0.1, 0.15) is 31.7 Å². The molecule has 1 aromatic carbocycles. The molecule has 9 nitrogen and oxygen atoms in total. The van der Waals surface area contributed by atoms with E-state index in [9.17, 15) is 9.90 Å². The first kappa shape index (κ1) is 29.0. The largest absolute Gasteiger partial charge is 0.492 e. The van der Waals surface area contributed by atoms with Gasteiger partial charge < -0.3 is 25.4 Å². The normalized spacial score (nSPS) is 17.6. The van der Waals surface area contributed by atoms with Gasteiger partial charge in [0.2, 0.25) is 5.88 Å². The minimum atomic E-state index is -0.262. The second kappa shape index (κ2) is 12.5. The molecule has 5 rings (SSSR count). The van der Waals surface area contributed by atoms with Crippen molar-refractivity contribution < 1.29 is 14.6 Å². The summed E-state index contributed by atoms with van der Waals surface area (Å²) in [5, 5.41) is 26.1. The number of carbonyl (C=O) groups is 1. The van der Waals surface area contributed by atoms with Crippen LogP contribution in [0.25, 0.3) is 0 Å². The third-order valence-electron chi connectivity index (χ3n) is 7.40.